The maximum Gasteiger partial charge on any atom is 0.416 e. The van der Waals surface area contributed by atoms with Crippen molar-refractivity contribution in [1.29, 1.82) is 0 Å². The first-order valence-corrected chi connectivity index (χ1v) is 15.7. The van der Waals surface area contributed by atoms with Crippen molar-refractivity contribution >= 4 is 27.6 Å². The zero-order valence-corrected chi connectivity index (χ0v) is 26.3. The predicted octanol–water partition coefficient (Wildman–Crippen LogP) is 3.42. The third-order valence-electron chi connectivity index (χ3n) is 6.60. The van der Waals surface area contributed by atoms with Crippen LogP contribution in [-0.4, -0.2) is 37.0 Å². The number of nitrogens with zero attached hydrogens (tertiary/aromatic N) is 1. The van der Waals surface area contributed by atoms with Crippen LogP contribution in [0.4, 0.5) is 13.2 Å². The van der Waals surface area contributed by atoms with Crippen LogP contribution in [0.1, 0.15) is 50.0 Å². The van der Waals surface area contributed by atoms with Crippen LogP contribution in [0.2, 0.25) is 0 Å². The molecule has 1 aromatic heterocycles. The summed E-state index contributed by atoms with van der Waals surface area (Å²) in [6, 6.07) is 20.4. The summed E-state index contributed by atoms with van der Waals surface area (Å²) in [5, 5.41) is 2.48. The predicted molar refractivity (Wildman–Crippen MR) is 168 cm³/mol. The van der Waals surface area contributed by atoms with E-state index in [9.17, 15) is 40.8 Å². The fourth-order valence-corrected chi connectivity index (χ4v) is 4.82. The SMILES string of the molecule is CC(=O)NNC(=O)c1cc(C(=O)NCc2ccc(S(C)(=O)=O)cc2)c(=O)n(-c2cccc(C(F)(F)F)c2)c1C.NCc1ccccc1. The van der Waals surface area contributed by atoms with Gasteiger partial charge in [-0.15, -0.1) is 0 Å². The molecule has 0 spiro atoms. The summed E-state index contributed by atoms with van der Waals surface area (Å²) >= 11 is 0. The van der Waals surface area contributed by atoms with E-state index in [2.05, 4.69) is 16.2 Å². The van der Waals surface area contributed by atoms with Crippen molar-refractivity contribution in [3.05, 3.63) is 129 Å². The van der Waals surface area contributed by atoms with E-state index in [4.69, 9.17) is 5.73 Å². The molecule has 3 aromatic carbocycles. The normalized spacial score (nSPS) is 11.1. The van der Waals surface area contributed by atoms with Gasteiger partial charge in [0.1, 0.15) is 5.56 Å². The molecule has 3 amide bonds. The molecule has 0 aliphatic rings. The Hall–Kier alpha value is -5.28. The van der Waals surface area contributed by atoms with Gasteiger partial charge in [-0.1, -0.05) is 48.5 Å². The minimum Gasteiger partial charge on any atom is -0.348 e. The summed E-state index contributed by atoms with van der Waals surface area (Å²) in [5.74, 6) is -2.48. The molecule has 0 atom stereocenters. The van der Waals surface area contributed by atoms with Crippen molar-refractivity contribution in [2.24, 2.45) is 5.73 Å². The van der Waals surface area contributed by atoms with Gasteiger partial charge in [0, 0.05) is 37.7 Å². The summed E-state index contributed by atoms with van der Waals surface area (Å²) in [7, 11) is -3.44. The van der Waals surface area contributed by atoms with Crippen LogP contribution in [-0.2, 0) is 33.9 Å². The number of hydrogen-bond donors (Lipinski definition) is 4. The molecule has 0 fully saturated rings. The monoisotopic (exact) mass is 671 g/mol. The number of nitrogens with two attached hydrogens (primary N) is 1. The highest BCUT2D eigenvalue weighted by atomic mass is 32.2. The molecule has 1 heterocycles. The number of sulfone groups is 1. The number of rotatable bonds is 7. The smallest absolute Gasteiger partial charge is 0.348 e. The average molecular weight is 672 g/mol. The van der Waals surface area contributed by atoms with Gasteiger partial charge in [-0.25, -0.2) is 8.42 Å². The molecule has 0 unspecified atom stereocenters. The van der Waals surface area contributed by atoms with Crippen LogP contribution in [0.25, 0.3) is 5.69 Å². The maximum absolute atomic E-state index is 13.4. The van der Waals surface area contributed by atoms with Gasteiger partial charge in [-0.3, -0.25) is 34.6 Å². The van der Waals surface area contributed by atoms with E-state index in [1.165, 1.54) is 42.8 Å². The molecule has 0 aliphatic heterocycles. The Morgan fingerprint density at radius 3 is 2.00 bits per heavy atom. The highest BCUT2D eigenvalue weighted by Gasteiger charge is 2.31. The molecular weight excluding hydrogens is 639 g/mol. The van der Waals surface area contributed by atoms with Gasteiger partial charge < -0.3 is 11.1 Å². The Balaban J connectivity index is 0.000000653. The van der Waals surface area contributed by atoms with E-state index in [-0.39, 0.29) is 28.4 Å². The van der Waals surface area contributed by atoms with E-state index < -0.39 is 50.4 Å². The van der Waals surface area contributed by atoms with Gasteiger partial charge in [0.25, 0.3) is 17.4 Å². The fourth-order valence-electron chi connectivity index (χ4n) is 4.19. The van der Waals surface area contributed by atoms with Crippen LogP contribution in [0.3, 0.4) is 0 Å². The topological polar surface area (TPSA) is 169 Å². The highest BCUT2D eigenvalue weighted by Crippen LogP contribution is 2.30. The average Bonchev–Trinajstić information content (AvgIpc) is 3.03. The molecule has 0 bridgehead atoms. The first kappa shape index (κ1) is 36.2. The molecule has 5 N–H and O–H groups in total. The zero-order chi connectivity index (χ0) is 34.9. The van der Waals surface area contributed by atoms with Crippen molar-refractivity contribution in [2.45, 2.75) is 38.0 Å². The lowest BCUT2D eigenvalue weighted by Gasteiger charge is -2.18. The lowest BCUT2D eigenvalue weighted by molar-refractivity contribution is -0.137. The van der Waals surface area contributed by atoms with Crippen LogP contribution < -0.4 is 27.5 Å². The summed E-state index contributed by atoms with van der Waals surface area (Å²) in [5.41, 5.74) is 8.00. The molecule has 0 saturated heterocycles. The summed E-state index contributed by atoms with van der Waals surface area (Å²) < 4.78 is 64.1. The molecule has 0 radical (unpaired) electrons. The highest BCUT2D eigenvalue weighted by molar-refractivity contribution is 7.90. The summed E-state index contributed by atoms with van der Waals surface area (Å²) in [4.78, 5) is 50.4. The van der Waals surface area contributed by atoms with Crippen molar-refractivity contribution in [2.75, 3.05) is 6.26 Å². The number of benzene rings is 3. The molecule has 4 aromatic rings. The number of hydrogen-bond acceptors (Lipinski definition) is 7. The number of aromatic nitrogens is 1. The number of amides is 3. The summed E-state index contributed by atoms with van der Waals surface area (Å²) in [6.07, 6.45) is -3.68. The van der Waals surface area contributed by atoms with Crippen LogP contribution in [0.15, 0.2) is 94.6 Å². The molecule has 0 saturated carbocycles. The van der Waals surface area contributed by atoms with Gasteiger partial charge in [-0.2, -0.15) is 13.2 Å². The third kappa shape index (κ3) is 9.85. The number of carbonyl (C=O) groups excluding carboxylic acids is 3. The van der Waals surface area contributed by atoms with E-state index >= 15 is 0 Å². The van der Waals surface area contributed by atoms with Gasteiger partial charge in [0.05, 0.1) is 16.0 Å². The molecule has 4 rings (SSSR count). The van der Waals surface area contributed by atoms with E-state index in [1.54, 1.807) is 0 Å². The molecular formula is C32H32F3N5O6S. The minimum atomic E-state index is -4.72. The van der Waals surface area contributed by atoms with Crippen molar-refractivity contribution in [3.8, 4) is 5.69 Å². The first-order chi connectivity index (χ1) is 22.0. The Bertz CT molecular complexity index is 1930. The molecule has 0 aliphatic carbocycles. The second kappa shape index (κ2) is 15.3. The zero-order valence-electron chi connectivity index (χ0n) is 25.5. The number of nitrogens with one attached hydrogen (secondary N) is 3. The number of alkyl halides is 3. The number of hydrazine groups is 1. The Labute approximate surface area is 268 Å². The number of carbonyl (C=O) groups is 3. The number of pyridine rings is 1. The van der Waals surface area contributed by atoms with Crippen LogP contribution in [0, 0.1) is 6.92 Å². The molecule has 11 nitrogen and oxygen atoms in total. The lowest BCUT2D eigenvalue weighted by atomic mass is 10.1. The van der Waals surface area contributed by atoms with Gasteiger partial charge in [0.15, 0.2) is 9.84 Å². The van der Waals surface area contributed by atoms with Crippen molar-refractivity contribution in [3.63, 3.8) is 0 Å². The second-order valence-corrected chi connectivity index (χ2v) is 12.2. The summed E-state index contributed by atoms with van der Waals surface area (Å²) in [6.45, 7) is 2.93. The van der Waals surface area contributed by atoms with Crippen molar-refractivity contribution in [1.82, 2.24) is 20.7 Å². The largest absolute Gasteiger partial charge is 0.416 e. The number of halogens is 3. The van der Waals surface area contributed by atoms with E-state index in [0.29, 0.717) is 18.2 Å². The Kier molecular flexibility index (Phi) is 11.8. The quantitative estimate of drug-likeness (QED) is 0.218. The standard InChI is InChI=1S/C25H23F3N4O6S.C7H9N/c1-14-20(23(35)31-30-15(2)33)12-21(22(34)29-13-16-7-9-19(10-8-16)39(3,37)38)24(36)32(14)18-6-4-5-17(11-18)25(26,27)28;8-6-7-4-2-1-3-5-7/h4-12H,13H2,1-3H3,(H,29,34)(H,30,33)(H,31,35);1-5H,6,8H2. The van der Waals surface area contributed by atoms with Gasteiger partial charge >= 0.3 is 6.18 Å². The minimum absolute atomic E-state index is 0.0647. The molecule has 15 heteroatoms. The van der Waals surface area contributed by atoms with Crippen LogP contribution >= 0.6 is 0 Å². The van der Waals surface area contributed by atoms with E-state index in [1.807, 2.05) is 30.3 Å². The van der Waals surface area contributed by atoms with Crippen LogP contribution in [0.5, 0.6) is 0 Å². The maximum atomic E-state index is 13.4. The first-order valence-electron chi connectivity index (χ1n) is 13.8. The Morgan fingerprint density at radius 1 is 0.830 bits per heavy atom. The van der Waals surface area contributed by atoms with Gasteiger partial charge in [0.2, 0.25) is 5.91 Å². The fraction of sp³-hybridized carbons (Fsp3) is 0.188. The molecule has 47 heavy (non-hydrogen) atoms. The Morgan fingerprint density at radius 2 is 1.47 bits per heavy atom. The lowest BCUT2D eigenvalue weighted by Crippen LogP contribution is -2.42. The van der Waals surface area contributed by atoms with Crippen molar-refractivity contribution < 1.29 is 36.0 Å². The molecule has 248 valence electrons. The third-order valence-corrected chi connectivity index (χ3v) is 7.73. The van der Waals surface area contributed by atoms with Gasteiger partial charge in [-0.05, 0) is 54.4 Å². The second-order valence-electron chi connectivity index (χ2n) is 10.2. The van der Waals surface area contributed by atoms with E-state index in [0.717, 1.165) is 35.9 Å².